The fourth-order valence-electron chi connectivity index (χ4n) is 5.27. The molecule has 0 fully saturated rings. The van der Waals surface area contributed by atoms with Gasteiger partial charge in [-0.1, -0.05) is 26.8 Å². The van der Waals surface area contributed by atoms with E-state index in [2.05, 4.69) is 5.10 Å². The maximum absolute atomic E-state index is 15.4. The van der Waals surface area contributed by atoms with E-state index in [-0.39, 0.29) is 24.5 Å². The van der Waals surface area contributed by atoms with Gasteiger partial charge in [0.2, 0.25) is 5.82 Å². The highest BCUT2D eigenvalue weighted by molar-refractivity contribution is 5.90. The molecule has 0 aliphatic heterocycles. The first-order valence-electron chi connectivity index (χ1n) is 15.2. The Bertz CT molecular complexity index is 1830. The summed E-state index contributed by atoms with van der Waals surface area (Å²) in [6.45, 7) is 13.1. The molecule has 4 rings (SSSR count). The van der Waals surface area contributed by atoms with Crippen LogP contribution in [0.1, 0.15) is 70.2 Å². The molecule has 1 atom stereocenters. The van der Waals surface area contributed by atoms with Crippen LogP contribution in [0.2, 0.25) is 0 Å². The summed E-state index contributed by atoms with van der Waals surface area (Å²) in [6.07, 6.45) is 0.589. The van der Waals surface area contributed by atoms with Crippen LogP contribution in [0.15, 0.2) is 41.3 Å². The van der Waals surface area contributed by atoms with Crippen LogP contribution in [0.25, 0.3) is 21.9 Å². The fraction of sp³-hybridized carbons (Fsp3) is 0.457. The summed E-state index contributed by atoms with van der Waals surface area (Å²) in [6, 6.07) is 7.48. The second kappa shape index (κ2) is 12.9. The van der Waals surface area contributed by atoms with Crippen LogP contribution in [0.4, 0.5) is 13.6 Å². The molecule has 248 valence electrons. The Balaban J connectivity index is 1.71. The van der Waals surface area contributed by atoms with Crippen molar-refractivity contribution in [2.24, 2.45) is 19.5 Å². The molecular formula is C35H44F2N4O5. The molecule has 11 heteroatoms. The molecule has 0 aliphatic rings. The van der Waals surface area contributed by atoms with Crippen LogP contribution in [-0.4, -0.2) is 49.7 Å². The second-order valence-electron chi connectivity index (χ2n) is 13.8. The summed E-state index contributed by atoms with van der Waals surface area (Å²) in [7, 11) is 5.02. The number of ether oxygens (including phenoxy) is 2. The number of hydrogen-bond donors (Lipinski definition) is 1. The molecule has 0 bridgehead atoms. The SMILES string of the molecule is Cc1c(CCOc2c(-c3ccc4c(=O)n(C)cc(CN(C)C(=O)OC(C)(C)C)c4c3)ccc(F)c2F)c(C(O)C(C)(C)C)nn1C. The van der Waals surface area contributed by atoms with Crippen molar-refractivity contribution in [1.82, 2.24) is 19.2 Å². The Hall–Kier alpha value is -4.25. The molecule has 0 saturated heterocycles. The van der Waals surface area contributed by atoms with E-state index in [1.54, 1.807) is 71.0 Å². The van der Waals surface area contributed by atoms with Gasteiger partial charge >= 0.3 is 6.09 Å². The topological polar surface area (TPSA) is 98.8 Å². The highest BCUT2D eigenvalue weighted by Gasteiger charge is 2.30. The van der Waals surface area contributed by atoms with Crippen molar-refractivity contribution in [1.29, 1.82) is 0 Å². The Morgan fingerprint density at radius 2 is 1.74 bits per heavy atom. The Morgan fingerprint density at radius 3 is 2.37 bits per heavy atom. The molecule has 0 spiro atoms. The third kappa shape index (κ3) is 7.25. The molecule has 1 unspecified atom stereocenters. The maximum atomic E-state index is 15.4. The van der Waals surface area contributed by atoms with Crippen LogP contribution in [0, 0.1) is 24.0 Å². The van der Waals surface area contributed by atoms with Crippen LogP contribution in [0.5, 0.6) is 5.75 Å². The van der Waals surface area contributed by atoms with Gasteiger partial charge in [-0.05, 0) is 73.9 Å². The zero-order valence-corrected chi connectivity index (χ0v) is 28.3. The largest absolute Gasteiger partial charge is 0.489 e. The van der Waals surface area contributed by atoms with E-state index in [9.17, 15) is 19.1 Å². The molecule has 0 radical (unpaired) electrons. The number of aryl methyl sites for hydroxylation is 2. The van der Waals surface area contributed by atoms with E-state index in [0.717, 1.165) is 17.3 Å². The number of hydrogen-bond acceptors (Lipinski definition) is 6. The smallest absolute Gasteiger partial charge is 0.410 e. The molecule has 9 nitrogen and oxygen atoms in total. The number of carbonyl (C=O) groups is 1. The molecule has 0 saturated carbocycles. The van der Waals surface area contributed by atoms with E-state index in [1.165, 1.54) is 15.5 Å². The van der Waals surface area contributed by atoms with Gasteiger partial charge in [-0.2, -0.15) is 9.49 Å². The first-order chi connectivity index (χ1) is 21.3. The first-order valence-corrected chi connectivity index (χ1v) is 15.2. The van der Waals surface area contributed by atoms with Gasteiger partial charge in [0.15, 0.2) is 11.6 Å². The van der Waals surface area contributed by atoms with E-state index in [4.69, 9.17) is 9.47 Å². The quantitative estimate of drug-likeness (QED) is 0.234. The number of nitrogens with zero attached hydrogens (tertiary/aromatic N) is 4. The molecule has 2 aromatic carbocycles. The standard InChI is InChI=1S/C35H44F2N4O5/c1-20-23(29(38-41(20)10)31(42)34(2,3)4)15-16-45-30-24(13-14-27(36)28(30)37)21-11-12-25-26(17-21)22(18-39(8)32(25)43)19-40(9)33(44)46-35(5,6)7/h11-14,17-18,31,42H,15-16,19H2,1-10H3. The molecule has 0 aliphatic carbocycles. The van der Waals surface area contributed by atoms with Crippen molar-refractivity contribution in [3.63, 3.8) is 0 Å². The highest BCUT2D eigenvalue weighted by Crippen LogP contribution is 2.37. The summed E-state index contributed by atoms with van der Waals surface area (Å²) in [5.41, 5.74) is 2.21. The van der Waals surface area contributed by atoms with Gasteiger partial charge in [0.05, 0.1) is 18.8 Å². The molecule has 4 aromatic rings. The van der Waals surface area contributed by atoms with Crippen molar-refractivity contribution in [3.8, 4) is 16.9 Å². The zero-order valence-electron chi connectivity index (χ0n) is 28.3. The summed E-state index contributed by atoms with van der Waals surface area (Å²) >= 11 is 0. The zero-order chi connectivity index (χ0) is 34.3. The van der Waals surface area contributed by atoms with Crippen LogP contribution in [-0.2, 0) is 31.8 Å². The Morgan fingerprint density at radius 1 is 1.07 bits per heavy atom. The molecule has 2 heterocycles. The summed E-state index contributed by atoms with van der Waals surface area (Å²) in [5, 5.41) is 16.4. The average molecular weight is 639 g/mol. The minimum Gasteiger partial charge on any atom is -0.489 e. The van der Waals surface area contributed by atoms with E-state index in [1.807, 2.05) is 27.7 Å². The average Bonchev–Trinajstić information content (AvgIpc) is 3.24. The van der Waals surface area contributed by atoms with Crippen molar-refractivity contribution < 1.29 is 28.2 Å². The number of pyridine rings is 1. The second-order valence-corrected chi connectivity index (χ2v) is 13.8. The number of carbonyl (C=O) groups excluding carboxylic acids is 1. The lowest BCUT2D eigenvalue weighted by Gasteiger charge is -2.25. The molecule has 1 N–H and O–H groups in total. The van der Waals surface area contributed by atoms with Crippen molar-refractivity contribution in [2.75, 3.05) is 13.7 Å². The van der Waals surface area contributed by atoms with E-state index in [0.29, 0.717) is 39.6 Å². The number of benzene rings is 2. The number of aliphatic hydroxyl groups excluding tert-OH is 1. The maximum Gasteiger partial charge on any atom is 0.410 e. The minimum absolute atomic E-state index is 0.0101. The molecular weight excluding hydrogens is 594 g/mol. The predicted octanol–water partition coefficient (Wildman–Crippen LogP) is 6.59. The summed E-state index contributed by atoms with van der Waals surface area (Å²) in [4.78, 5) is 27.2. The summed E-state index contributed by atoms with van der Waals surface area (Å²) < 4.78 is 44.5. The summed E-state index contributed by atoms with van der Waals surface area (Å²) in [5.74, 6) is -2.46. The van der Waals surface area contributed by atoms with Gasteiger partial charge in [-0.25, -0.2) is 9.18 Å². The van der Waals surface area contributed by atoms with Crippen LogP contribution >= 0.6 is 0 Å². The Labute approximate surface area is 268 Å². The van der Waals surface area contributed by atoms with Crippen LogP contribution < -0.4 is 10.3 Å². The number of rotatable bonds is 8. The monoisotopic (exact) mass is 638 g/mol. The molecule has 2 aromatic heterocycles. The van der Waals surface area contributed by atoms with Crippen molar-refractivity contribution >= 4 is 16.9 Å². The van der Waals surface area contributed by atoms with Crippen molar-refractivity contribution in [3.05, 3.63) is 81.0 Å². The number of fused-ring (bicyclic) bond motifs is 1. The normalized spacial score (nSPS) is 12.8. The first kappa shape index (κ1) is 34.6. The highest BCUT2D eigenvalue weighted by atomic mass is 19.2. The van der Waals surface area contributed by atoms with Crippen molar-refractivity contribution in [2.45, 2.75) is 73.1 Å². The number of halogens is 2. The lowest BCUT2D eigenvalue weighted by atomic mass is 9.85. The molecule has 1 amide bonds. The van der Waals surface area contributed by atoms with Crippen LogP contribution in [0.3, 0.4) is 0 Å². The van der Waals surface area contributed by atoms with Gasteiger partial charge in [0, 0.05) is 56.0 Å². The fourth-order valence-corrected chi connectivity index (χ4v) is 5.27. The Kier molecular flexibility index (Phi) is 9.68. The number of aliphatic hydroxyl groups is 1. The van der Waals surface area contributed by atoms with E-state index >= 15 is 4.39 Å². The minimum atomic E-state index is -1.13. The lowest BCUT2D eigenvalue weighted by molar-refractivity contribution is 0.0285. The van der Waals surface area contributed by atoms with Gasteiger partial charge in [-0.3, -0.25) is 9.48 Å². The third-order valence-corrected chi connectivity index (χ3v) is 7.91. The van der Waals surface area contributed by atoms with E-state index < -0.39 is 34.8 Å². The van der Waals surface area contributed by atoms with Gasteiger partial charge < -0.3 is 24.0 Å². The number of amides is 1. The predicted molar refractivity (Wildman–Crippen MR) is 174 cm³/mol. The van der Waals surface area contributed by atoms with Gasteiger partial charge in [-0.15, -0.1) is 0 Å². The van der Waals surface area contributed by atoms with Gasteiger partial charge in [0.1, 0.15) is 11.7 Å². The number of aromatic nitrogens is 3. The van der Waals surface area contributed by atoms with Gasteiger partial charge in [0.25, 0.3) is 5.56 Å². The lowest BCUT2D eigenvalue weighted by Crippen LogP contribution is -2.34. The molecule has 46 heavy (non-hydrogen) atoms. The third-order valence-electron chi connectivity index (χ3n) is 7.91.